The number of hydrogen-bond donors (Lipinski definition) is 1. The van der Waals surface area contributed by atoms with E-state index in [9.17, 15) is 0 Å². The average Bonchev–Trinajstić information content (AvgIpc) is 2.46. The zero-order valence-corrected chi connectivity index (χ0v) is 12.7. The first-order valence-corrected chi connectivity index (χ1v) is 8.06. The van der Waals surface area contributed by atoms with E-state index < -0.39 is 0 Å². The molecular weight excluding hydrogens is 282 g/mol. The van der Waals surface area contributed by atoms with Crippen LogP contribution in [0.25, 0.3) is 11.4 Å². The maximum absolute atomic E-state index is 6.33. The van der Waals surface area contributed by atoms with Gasteiger partial charge in [-0.2, -0.15) is 0 Å². The first-order valence-electron chi connectivity index (χ1n) is 7.68. The van der Waals surface area contributed by atoms with E-state index >= 15 is 0 Å². The molecule has 1 aromatic heterocycles. The molecule has 4 heteroatoms. The molecule has 4 rings (SSSR count). The van der Waals surface area contributed by atoms with Crippen LogP contribution in [0.5, 0.6) is 0 Å². The van der Waals surface area contributed by atoms with Crippen molar-refractivity contribution in [1.29, 1.82) is 0 Å². The number of benzene rings is 1. The molecule has 0 saturated heterocycles. The van der Waals surface area contributed by atoms with Crippen LogP contribution in [-0.4, -0.2) is 16.5 Å². The molecule has 1 aromatic carbocycles. The number of aromatic nitrogens is 2. The first kappa shape index (κ1) is 13.2. The second kappa shape index (κ2) is 5.39. The fraction of sp³-hybridized carbons (Fsp3) is 0.412. The maximum atomic E-state index is 6.33. The van der Waals surface area contributed by atoms with Crippen molar-refractivity contribution in [1.82, 2.24) is 15.3 Å². The number of halogens is 1. The Labute approximate surface area is 129 Å². The van der Waals surface area contributed by atoms with Crippen molar-refractivity contribution < 1.29 is 0 Å². The Balaban J connectivity index is 1.86. The van der Waals surface area contributed by atoms with E-state index in [4.69, 9.17) is 21.6 Å². The van der Waals surface area contributed by atoms with Gasteiger partial charge in [0.25, 0.3) is 0 Å². The molecule has 108 valence electrons. The van der Waals surface area contributed by atoms with Crippen LogP contribution in [0.1, 0.15) is 42.1 Å². The lowest BCUT2D eigenvalue weighted by Crippen LogP contribution is -2.28. The van der Waals surface area contributed by atoms with Gasteiger partial charge in [-0.15, -0.1) is 0 Å². The SMILES string of the molecule is Clc1ccccc1-c1nc2c(c(C3CCC3)n1)CNCC2. The van der Waals surface area contributed by atoms with Gasteiger partial charge in [0.1, 0.15) is 0 Å². The zero-order valence-electron chi connectivity index (χ0n) is 11.9. The molecular formula is C17H18ClN3. The summed E-state index contributed by atoms with van der Waals surface area (Å²) in [5.41, 5.74) is 4.75. The van der Waals surface area contributed by atoms with Crippen LogP contribution >= 0.6 is 11.6 Å². The topological polar surface area (TPSA) is 37.8 Å². The molecule has 3 nitrogen and oxygen atoms in total. The molecule has 1 aliphatic heterocycles. The van der Waals surface area contributed by atoms with Gasteiger partial charge in [-0.25, -0.2) is 9.97 Å². The highest BCUT2D eigenvalue weighted by Gasteiger charge is 2.28. The van der Waals surface area contributed by atoms with Crippen LogP contribution in [0.3, 0.4) is 0 Å². The molecule has 0 spiro atoms. The summed E-state index contributed by atoms with van der Waals surface area (Å²) in [4.78, 5) is 9.71. The molecule has 0 radical (unpaired) electrons. The fourth-order valence-corrected chi connectivity index (χ4v) is 3.37. The van der Waals surface area contributed by atoms with Gasteiger partial charge >= 0.3 is 0 Å². The molecule has 0 amide bonds. The Bertz CT molecular complexity index is 680. The molecule has 1 fully saturated rings. The van der Waals surface area contributed by atoms with Crippen molar-refractivity contribution in [2.45, 2.75) is 38.1 Å². The van der Waals surface area contributed by atoms with Crippen LogP contribution in [-0.2, 0) is 13.0 Å². The molecule has 21 heavy (non-hydrogen) atoms. The van der Waals surface area contributed by atoms with Gasteiger partial charge in [0.2, 0.25) is 0 Å². The van der Waals surface area contributed by atoms with Crippen molar-refractivity contribution in [2.24, 2.45) is 0 Å². The zero-order chi connectivity index (χ0) is 14.2. The smallest absolute Gasteiger partial charge is 0.161 e. The van der Waals surface area contributed by atoms with Crippen molar-refractivity contribution in [3.63, 3.8) is 0 Å². The standard InChI is InChI=1S/C17H18ClN3/c18-14-7-2-1-6-12(14)17-20-15-8-9-19-10-13(15)16(21-17)11-4-3-5-11/h1-2,6-7,11,19H,3-5,8-10H2. The number of rotatable bonds is 2. The molecule has 1 aliphatic carbocycles. The normalized spacial score (nSPS) is 18.1. The Morgan fingerprint density at radius 1 is 1.14 bits per heavy atom. The van der Waals surface area contributed by atoms with E-state index in [2.05, 4.69) is 5.32 Å². The molecule has 1 saturated carbocycles. The molecule has 0 atom stereocenters. The van der Waals surface area contributed by atoms with Gasteiger partial charge in [-0.3, -0.25) is 0 Å². The second-order valence-corrected chi connectivity index (χ2v) is 6.30. The number of hydrogen-bond acceptors (Lipinski definition) is 3. The number of nitrogens with one attached hydrogen (secondary N) is 1. The minimum absolute atomic E-state index is 0.614. The molecule has 0 bridgehead atoms. The molecule has 0 unspecified atom stereocenters. The van der Waals surface area contributed by atoms with E-state index in [1.807, 2.05) is 24.3 Å². The highest BCUT2D eigenvalue weighted by atomic mass is 35.5. The Kier molecular flexibility index (Phi) is 3.40. The summed E-state index contributed by atoms with van der Waals surface area (Å²) in [6.45, 7) is 1.90. The van der Waals surface area contributed by atoms with Crippen molar-refractivity contribution in [2.75, 3.05) is 6.54 Å². The number of nitrogens with zero attached hydrogens (tertiary/aromatic N) is 2. The van der Waals surface area contributed by atoms with E-state index in [0.717, 1.165) is 35.9 Å². The first-order chi connectivity index (χ1) is 10.3. The lowest BCUT2D eigenvalue weighted by Gasteiger charge is -2.29. The summed E-state index contributed by atoms with van der Waals surface area (Å²) < 4.78 is 0. The maximum Gasteiger partial charge on any atom is 0.161 e. The highest BCUT2D eigenvalue weighted by Crippen LogP contribution is 2.39. The van der Waals surface area contributed by atoms with E-state index in [0.29, 0.717) is 5.92 Å². The van der Waals surface area contributed by atoms with Crippen molar-refractivity contribution in [3.05, 3.63) is 46.2 Å². The Morgan fingerprint density at radius 3 is 2.76 bits per heavy atom. The predicted molar refractivity (Wildman–Crippen MR) is 84.5 cm³/mol. The monoisotopic (exact) mass is 299 g/mol. The van der Waals surface area contributed by atoms with Gasteiger partial charge in [0.05, 0.1) is 16.4 Å². The lowest BCUT2D eigenvalue weighted by atomic mass is 9.80. The lowest BCUT2D eigenvalue weighted by molar-refractivity contribution is 0.404. The van der Waals surface area contributed by atoms with Crippen LogP contribution in [0.15, 0.2) is 24.3 Å². The third kappa shape index (κ3) is 2.34. The van der Waals surface area contributed by atoms with Crippen LogP contribution < -0.4 is 5.32 Å². The van der Waals surface area contributed by atoms with Gasteiger partial charge < -0.3 is 5.32 Å². The van der Waals surface area contributed by atoms with E-state index in [-0.39, 0.29) is 0 Å². The second-order valence-electron chi connectivity index (χ2n) is 5.89. The van der Waals surface area contributed by atoms with Gasteiger partial charge in [0, 0.05) is 36.6 Å². The van der Waals surface area contributed by atoms with Gasteiger partial charge in [-0.05, 0) is 25.0 Å². The largest absolute Gasteiger partial charge is 0.312 e. The van der Waals surface area contributed by atoms with Crippen LogP contribution in [0.2, 0.25) is 5.02 Å². The summed E-state index contributed by atoms with van der Waals surface area (Å²) in [6, 6.07) is 7.86. The Morgan fingerprint density at radius 2 is 2.00 bits per heavy atom. The minimum Gasteiger partial charge on any atom is -0.312 e. The van der Waals surface area contributed by atoms with Crippen molar-refractivity contribution in [3.8, 4) is 11.4 Å². The minimum atomic E-state index is 0.614. The average molecular weight is 300 g/mol. The number of fused-ring (bicyclic) bond motifs is 1. The molecule has 1 N–H and O–H groups in total. The summed E-state index contributed by atoms with van der Waals surface area (Å²) in [5, 5.41) is 4.18. The van der Waals surface area contributed by atoms with Crippen molar-refractivity contribution >= 4 is 11.6 Å². The van der Waals surface area contributed by atoms with Gasteiger partial charge in [-0.1, -0.05) is 30.2 Å². The van der Waals surface area contributed by atoms with E-state index in [1.165, 1.54) is 36.2 Å². The predicted octanol–water partition coefficient (Wildman–Crippen LogP) is 3.71. The third-order valence-electron chi connectivity index (χ3n) is 4.57. The summed E-state index contributed by atoms with van der Waals surface area (Å²) in [6.07, 6.45) is 4.81. The summed E-state index contributed by atoms with van der Waals surface area (Å²) in [5.74, 6) is 1.41. The Hall–Kier alpha value is -1.45. The van der Waals surface area contributed by atoms with Crippen LogP contribution in [0, 0.1) is 0 Å². The molecule has 2 aromatic rings. The quantitative estimate of drug-likeness (QED) is 0.918. The summed E-state index contributed by atoms with van der Waals surface area (Å²) >= 11 is 6.33. The van der Waals surface area contributed by atoms with Gasteiger partial charge in [0.15, 0.2) is 5.82 Å². The highest BCUT2D eigenvalue weighted by molar-refractivity contribution is 6.33. The summed E-state index contributed by atoms with van der Waals surface area (Å²) in [7, 11) is 0. The molecule has 2 aliphatic rings. The van der Waals surface area contributed by atoms with E-state index in [1.54, 1.807) is 0 Å². The fourth-order valence-electron chi connectivity index (χ4n) is 3.15. The molecule has 2 heterocycles. The third-order valence-corrected chi connectivity index (χ3v) is 4.90. The van der Waals surface area contributed by atoms with Crippen LogP contribution in [0.4, 0.5) is 0 Å².